The van der Waals surface area contributed by atoms with Crippen molar-refractivity contribution in [3.8, 4) is 22.9 Å². The largest absolute Gasteiger partial charge is 0.495 e. The molecule has 0 aliphatic heterocycles. The van der Waals surface area contributed by atoms with Crippen LogP contribution in [0.2, 0.25) is 0 Å². The summed E-state index contributed by atoms with van der Waals surface area (Å²) in [5.41, 5.74) is 1.06. The molecule has 0 saturated heterocycles. The number of sulfonamides is 1. The molecule has 7 nitrogen and oxygen atoms in total. The van der Waals surface area contributed by atoms with E-state index in [0.717, 1.165) is 6.07 Å². The Morgan fingerprint density at radius 3 is 2.48 bits per heavy atom. The fourth-order valence-corrected chi connectivity index (χ4v) is 4.20. The van der Waals surface area contributed by atoms with Gasteiger partial charge in [0.25, 0.3) is 10.0 Å². The first-order valence-corrected chi connectivity index (χ1v) is 10.4. The van der Waals surface area contributed by atoms with Crippen LogP contribution in [-0.2, 0) is 14.8 Å². The average molecular weight is 440 g/mol. The van der Waals surface area contributed by atoms with E-state index in [1.807, 2.05) is 6.07 Å². The van der Waals surface area contributed by atoms with Gasteiger partial charge in [0.05, 0.1) is 37.1 Å². The van der Waals surface area contributed by atoms with Crippen LogP contribution < -0.4 is 9.46 Å². The molecule has 0 aliphatic rings. The Labute approximate surface area is 178 Å². The number of carbonyl (C=O) groups is 1. The monoisotopic (exact) mass is 440 g/mol. The summed E-state index contributed by atoms with van der Waals surface area (Å²) >= 11 is 0. The van der Waals surface area contributed by atoms with Crippen molar-refractivity contribution in [2.45, 2.75) is 4.90 Å². The minimum atomic E-state index is -4.27. The molecule has 0 aliphatic carbocycles. The van der Waals surface area contributed by atoms with Crippen LogP contribution in [0.5, 0.6) is 5.75 Å². The molecule has 3 aromatic carbocycles. The minimum absolute atomic E-state index is 0.00361. The number of nitriles is 1. The van der Waals surface area contributed by atoms with Gasteiger partial charge in [0.2, 0.25) is 0 Å². The molecule has 31 heavy (non-hydrogen) atoms. The van der Waals surface area contributed by atoms with Crippen molar-refractivity contribution in [1.29, 1.82) is 5.26 Å². The van der Waals surface area contributed by atoms with Crippen LogP contribution >= 0.6 is 0 Å². The maximum absolute atomic E-state index is 13.7. The van der Waals surface area contributed by atoms with Crippen molar-refractivity contribution in [3.05, 3.63) is 77.6 Å². The van der Waals surface area contributed by atoms with Gasteiger partial charge in [0, 0.05) is 5.56 Å². The van der Waals surface area contributed by atoms with Gasteiger partial charge in [-0.3, -0.25) is 4.72 Å². The number of hydrogen-bond donors (Lipinski definition) is 1. The van der Waals surface area contributed by atoms with Gasteiger partial charge in [-0.05, 0) is 48.0 Å². The number of halogens is 1. The van der Waals surface area contributed by atoms with E-state index < -0.39 is 21.8 Å². The van der Waals surface area contributed by atoms with Gasteiger partial charge in [-0.15, -0.1) is 0 Å². The maximum Gasteiger partial charge on any atom is 0.337 e. The molecule has 0 fully saturated rings. The predicted octanol–water partition coefficient (Wildman–Crippen LogP) is 3.96. The first-order valence-electron chi connectivity index (χ1n) is 8.88. The van der Waals surface area contributed by atoms with E-state index in [2.05, 4.69) is 9.46 Å². The van der Waals surface area contributed by atoms with E-state index in [-0.39, 0.29) is 27.5 Å². The average Bonchev–Trinajstić information content (AvgIpc) is 2.77. The quantitative estimate of drug-likeness (QED) is 0.582. The van der Waals surface area contributed by atoms with Crippen LogP contribution in [0.1, 0.15) is 15.9 Å². The van der Waals surface area contributed by atoms with Crippen LogP contribution in [0.15, 0.2) is 65.6 Å². The Kier molecular flexibility index (Phi) is 6.22. The van der Waals surface area contributed by atoms with Gasteiger partial charge >= 0.3 is 5.97 Å². The second kappa shape index (κ2) is 8.85. The highest BCUT2D eigenvalue weighted by Gasteiger charge is 2.24. The standard InChI is InChI=1S/C22H17FN2O5S/c1-29-20-9-7-16(22(26)30-2)12-21(20)31(27,28)25-19-10-14(13-24)6-8-18(19)15-4-3-5-17(23)11-15/h3-12,25H,1-2H3. The Morgan fingerprint density at radius 1 is 1.06 bits per heavy atom. The molecule has 3 rings (SSSR count). The van der Waals surface area contributed by atoms with Crippen molar-refractivity contribution in [3.63, 3.8) is 0 Å². The summed E-state index contributed by atoms with van der Waals surface area (Å²) in [6, 6.07) is 15.7. The van der Waals surface area contributed by atoms with E-state index >= 15 is 0 Å². The molecule has 0 saturated carbocycles. The van der Waals surface area contributed by atoms with Gasteiger partial charge in [-0.1, -0.05) is 18.2 Å². The van der Waals surface area contributed by atoms with E-state index in [1.54, 1.807) is 6.07 Å². The lowest BCUT2D eigenvalue weighted by molar-refractivity contribution is 0.0600. The van der Waals surface area contributed by atoms with Crippen molar-refractivity contribution < 1.29 is 27.1 Å². The van der Waals surface area contributed by atoms with Crippen molar-refractivity contribution in [2.75, 3.05) is 18.9 Å². The molecule has 0 spiro atoms. The van der Waals surface area contributed by atoms with Gasteiger partial charge < -0.3 is 9.47 Å². The van der Waals surface area contributed by atoms with Crippen LogP contribution in [0.4, 0.5) is 10.1 Å². The Morgan fingerprint density at radius 2 is 1.84 bits per heavy atom. The van der Waals surface area contributed by atoms with Gasteiger partial charge in [0.15, 0.2) is 0 Å². The van der Waals surface area contributed by atoms with Gasteiger partial charge in [-0.2, -0.15) is 5.26 Å². The molecule has 0 bridgehead atoms. The third kappa shape index (κ3) is 4.65. The number of methoxy groups -OCH3 is 2. The van der Waals surface area contributed by atoms with Gasteiger partial charge in [-0.25, -0.2) is 17.6 Å². The third-order valence-corrected chi connectivity index (χ3v) is 5.79. The lowest BCUT2D eigenvalue weighted by atomic mass is 10.0. The maximum atomic E-state index is 13.7. The molecule has 0 atom stereocenters. The van der Waals surface area contributed by atoms with Crippen molar-refractivity contribution in [1.82, 2.24) is 0 Å². The Bertz CT molecular complexity index is 1300. The van der Waals surface area contributed by atoms with Crippen LogP contribution in [-0.4, -0.2) is 28.6 Å². The van der Waals surface area contributed by atoms with E-state index in [0.29, 0.717) is 11.1 Å². The molecule has 0 aromatic heterocycles. The molecule has 0 unspecified atom stereocenters. The summed E-state index contributed by atoms with van der Waals surface area (Å²) in [7, 11) is -1.80. The number of esters is 1. The lowest BCUT2D eigenvalue weighted by Gasteiger charge is -2.16. The summed E-state index contributed by atoms with van der Waals surface area (Å²) < 4.78 is 52.3. The molecule has 1 N–H and O–H groups in total. The molecule has 0 amide bonds. The lowest BCUT2D eigenvalue weighted by Crippen LogP contribution is -2.16. The summed E-state index contributed by atoms with van der Waals surface area (Å²) in [5, 5.41) is 9.23. The van der Waals surface area contributed by atoms with E-state index in [1.165, 1.54) is 62.8 Å². The highest BCUT2D eigenvalue weighted by Crippen LogP contribution is 2.33. The van der Waals surface area contributed by atoms with Crippen LogP contribution in [0, 0.1) is 17.1 Å². The highest BCUT2D eigenvalue weighted by atomic mass is 32.2. The predicted molar refractivity (Wildman–Crippen MR) is 112 cm³/mol. The first-order chi connectivity index (χ1) is 14.8. The normalized spacial score (nSPS) is 10.8. The SMILES string of the molecule is COC(=O)c1ccc(OC)c(S(=O)(=O)Nc2cc(C#N)ccc2-c2cccc(F)c2)c1. The van der Waals surface area contributed by atoms with Crippen LogP contribution in [0.25, 0.3) is 11.1 Å². The fourth-order valence-electron chi connectivity index (χ4n) is 2.94. The molecule has 0 radical (unpaired) electrons. The first kappa shape index (κ1) is 21.8. The Balaban J connectivity index is 2.14. The number of carbonyl (C=O) groups excluding carboxylic acids is 1. The second-order valence-corrected chi connectivity index (χ2v) is 8.00. The molecule has 3 aromatic rings. The number of hydrogen-bond acceptors (Lipinski definition) is 6. The van der Waals surface area contributed by atoms with Crippen LogP contribution in [0.3, 0.4) is 0 Å². The zero-order valence-corrected chi connectivity index (χ0v) is 17.4. The summed E-state index contributed by atoms with van der Waals surface area (Å²) in [6.07, 6.45) is 0. The smallest absolute Gasteiger partial charge is 0.337 e. The summed E-state index contributed by atoms with van der Waals surface area (Å²) in [6.45, 7) is 0. The number of benzene rings is 3. The van der Waals surface area contributed by atoms with Gasteiger partial charge in [0.1, 0.15) is 16.5 Å². The number of nitrogens with zero attached hydrogens (tertiary/aromatic N) is 1. The minimum Gasteiger partial charge on any atom is -0.495 e. The molecular weight excluding hydrogens is 423 g/mol. The van der Waals surface area contributed by atoms with Crippen molar-refractivity contribution >= 4 is 21.7 Å². The van der Waals surface area contributed by atoms with Crippen molar-refractivity contribution in [2.24, 2.45) is 0 Å². The fraction of sp³-hybridized carbons (Fsp3) is 0.0909. The molecule has 0 heterocycles. The number of rotatable bonds is 6. The van der Waals surface area contributed by atoms with E-state index in [4.69, 9.17) is 4.74 Å². The summed E-state index contributed by atoms with van der Waals surface area (Å²) in [4.78, 5) is 11.6. The molecule has 158 valence electrons. The number of ether oxygens (including phenoxy) is 2. The zero-order valence-electron chi connectivity index (χ0n) is 16.5. The third-order valence-electron chi connectivity index (χ3n) is 4.40. The number of anilines is 1. The zero-order chi connectivity index (χ0) is 22.6. The second-order valence-electron chi connectivity index (χ2n) is 6.35. The highest BCUT2D eigenvalue weighted by molar-refractivity contribution is 7.92. The Hall–Kier alpha value is -3.90. The topological polar surface area (TPSA) is 105 Å². The summed E-state index contributed by atoms with van der Waals surface area (Å²) in [5.74, 6) is -1.21. The molecular formula is C22H17FN2O5S. The van der Waals surface area contributed by atoms with E-state index in [9.17, 15) is 22.9 Å². The molecule has 9 heteroatoms. The number of nitrogens with one attached hydrogen (secondary N) is 1.